The largest absolute Gasteiger partial charge is 0.490 e. The van der Waals surface area contributed by atoms with Crippen LogP contribution in [0.5, 0.6) is 5.75 Å². The molecule has 1 aromatic heterocycles. The Hall–Kier alpha value is -3.02. The predicted molar refractivity (Wildman–Crippen MR) is 88.4 cm³/mol. The van der Waals surface area contributed by atoms with Crippen LogP contribution in [0.25, 0.3) is 11.0 Å². The molecule has 0 fully saturated rings. The summed E-state index contributed by atoms with van der Waals surface area (Å²) in [5.41, 5.74) is 1.68. The van der Waals surface area contributed by atoms with E-state index in [1.807, 2.05) is 18.2 Å². The Kier molecular flexibility index (Phi) is 4.96. The Labute approximate surface area is 138 Å². The zero-order valence-electron chi connectivity index (χ0n) is 12.9. The first-order valence-electron chi connectivity index (χ1n) is 7.61. The highest BCUT2D eigenvalue weighted by Crippen LogP contribution is 2.15. The van der Waals surface area contributed by atoms with Crippen LogP contribution in [0.1, 0.15) is 16.9 Å². The molecule has 3 rings (SSSR count). The second-order valence-corrected chi connectivity index (χ2v) is 5.13. The standard InChI is InChI=1S/C18H16FN3O2/c19-13-6-1-4-9-17(13)24-11-5-10-20-18(23)16-12-21-14-7-2-3-8-15(14)22-16/h1-4,6-9,12H,5,10-11H2,(H,20,23). The maximum absolute atomic E-state index is 13.4. The Bertz CT molecular complexity index is 854. The molecule has 1 heterocycles. The number of para-hydroxylation sites is 3. The van der Waals surface area contributed by atoms with E-state index >= 15 is 0 Å². The molecule has 0 aliphatic heterocycles. The van der Waals surface area contributed by atoms with Gasteiger partial charge in [-0.3, -0.25) is 9.78 Å². The molecule has 2 aromatic carbocycles. The molecule has 0 radical (unpaired) electrons. The van der Waals surface area contributed by atoms with Crippen LogP contribution in [0, 0.1) is 5.82 Å². The van der Waals surface area contributed by atoms with Crippen LogP contribution in [0.2, 0.25) is 0 Å². The third-order valence-electron chi connectivity index (χ3n) is 3.38. The first-order chi connectivity index (χ1) is 11.7. The number of hydrogen-bond acceptors (Lipinski definition) is 4. The van der Waals surface area contributed by atoms with Crippen LogP contribution < -0.4 is 10.1 Å². The molecule has 0 saturated carbocycles. The smallest absolute Gasteiger partial charge is 0.271 e. The molecule has 0 spiro atoms. The molecule has 1 N–H and O–H groups in total. The second-order valence-electron chi connectivity index (χ2n) is 5.13. The molecule has 24 heavy (non-hydrogen) atoms. The lowest BCUT2D eigenvalue weighted by Gasteiger charge is -2.08. The maximum Gasteiger partial charge on any atom is 0.271 e. The van der Waals surface area contributed by atoms with Crippen molar-refractivity contribution in [2.75, 3.05) is 13.2 Å². The molecule has 5 nitrogen and oxygen atoms in total. The molecular formula is C18H16FN3O2. The van der Waals surface area contributed by atoms with E-state index in [0.717, 1.165) is 5.52 Å². The van der Waals surface area contributed by atoms with Crippen molar-refractivity contribution in [2.24, 2.45) is 0 Å². The van der Waals surface area contributed by atoms with Gasteiger partial charge < -0.3 is 10.1 Å². The number of hydrogen-bond donors (Lipinski definition) is 1. The third kappa shape index (κ3) is 3.84. The molecule has 0 atom stereocenters. The number of nitrogens with one attached hydrogen (secondary N) is 1. The van der Waals surface area contributed by atoms with E-state index < -0.39 is 5.82 Å². The monoisotopic (exact) mass is 325 g/mol. The highest BCUT2D eigenvalue weighted by atomic mass is 19.1. The molecular weight excluding hydrogens is 309 g/mol. The number of aromatic nitrogens is 2. The topological polar surface area (TPSA) is 64.1 Å². The van der Waals surface area contributed by atoms with Crippen LogP contribution in [0.3, 0.4) is 0 Å². The van der Waals surface area contributed by atoms with Gasteiger partial charge in [0.1, 0.15) is 5.69 Å². The van der Waals surface area contributed by atoms with Crippen molar-refractivity contribution < 1.29 is 13.9 Å². The zero-order chi connectivity index (χ0) is 16.8. The number of halogens is 1. The summed E-state index contributed by atoms with van der Waals surface area (Å²) < 4.78 is 18.7. The first kappa shape index (κ1) is 15.9. The van der Waals surface area contributed by atoms with Crippen molar-refractivity contribution in [2.45, 2.75) is 6.42 Å². The Morgan fingerprint density at radius 2 is 1.83 bits per heavy atom. The van der Waals surface area contributed by atoms with Crippen LogP contribution >= 0.6 is 0 Å². The molecule has 0 saturated heterocycles. The van der Waals surface area contributed by atoms with Gasteiger partial charge >= 0.3 is 0 Å². The second kappa shape index (κ2) is 7.50. The summed E-state index contributed by atoms with van der Waals surface area (Å²) in [6, 6.07) is 13.6. The molecule has 0 bridgehead atoms. The summed E-state index contributed by atoms with van der Waals surface area (Å²) in [4.78, 5) is 20.5. The lowest BCUT2D eigenvalue weighted by Crippen LogP contribution is -2.26. The minimum Gasteiger partial charge on any atom is -0.490 e. The van der Waals surface area contributed by atoms with Crippen molar-refractivity contribution in [3.05, 3.63) is 66.2 Å². The number of rotatable bonds is 6. The van der Waals surface area contributed by atoms with Crippen molar-refractivity contribution in [1.29, 1.82) is 0 Å². The lowest BCUT2D eigenvalue weighted by atomic mass is 10.3. The highest BCUT2D eigenvalue weighted by Gasteiger charge is 2.08. The Morgan fingerprint density at radius 1 is 1.08 bits per heavy atom. The number of benzene rings is 2. The average molecular weight is 325 g/mol. The van der Waals surface area contributed by atoms with Gasteiger partial charge in [0.05, 0.1) is 23.8 Å². The maximum atomic E-state index is 13.4. The van der Waals surface area contributed by atoms with Crippen LogP contribution in [0.15, 0.2) is 54.7 Å². The van der Waals surface area contributed by atoms with Gasteiger partial charge in [0.15, 0.2) is 11.6 Å². The van der Waals surface area contributed by atoms with E-state index in [0.29, 0.717) is 25.1 Å². The SMILES string of the molecule is O=C(NCCCOc1ccccc1F)c1cnc2ccccc2n1. The molecule has 0 aliphatic rings. The molecule has 0 unspecified atom stereocenters. The van der Waals surface area contributed by atoms with Crippen molar-refractivity contribution in [1.82, 2.24) is 15.3 Å². The van der Waals surface area contributed by atoms with Gasteiger partial charge in [0.25, 0.3) is 5.91 Å². The summed E-state index contributed by atoms with van der Waals surface area (Å²) in [5.74, 6) is -0.476. The number of amides is 1. The molecule has 122 valence electrons. The minimum absolute atomic E-state index is 0.212. The Morgan fingerprint density at radius 3 is 2.67 bits per heavy atom. The molecule has 3 aromatic rings. The normalized spacial score (nSPS) is 10.5. The fourth-order valence-corrected chi connectivity index (χ4v) is 2.18. The van der Waals surface area contributed by atoms with Crippen molar-refractivity contribution in [3.63, 3.8) is 0 Å². The molecule has 6 heteroatoms. The van der Waals surface area contributed by atoms with E-state index in [-0.39, 0.29) is 17.4 Å². The average Bonchev–Trinajstić information content (AvgIpc) is 2.62. The fraction of sp³-hybridized carbons (Fsp3) is 0.167. The van der Waals surface area contributed by atoms with Gasteiger partial charge in [0, 0.05) is 6.54 Å². The van der Waals surface area contributed by atoms with E-state index in [9.17, 15) is 9.18 Å². The van der Waals surface area contributed by atoms with E-state index in [1.165, 1.54) is 12.3 Å². The van der Waals surface area contributed by atoms with Gasteiger partial charge in [-0.05, 0) is 30.7 Å². The van der Waals surface area contributed by atoms with Crippen molar-refractivity contribution >= 4 is 16.9 Å². The van der Waals surface area contributed by atoms with Gasteiger partial charge in [0.2, 0.25) is 0 Å². The summed E-state index contributed by atoms with van der Waals surface area (Å²) in [6.07, 6.45) is 2.01. The van der Waals surface area contributed by atoms with Gasteiger partial charge in [-0.25, -0.2) is 9.37 Å². The zero-order valence-corrected chi connectivity index (χ0v) is 12.9. The fourth-order valence-electron chi connectivity index (χ4n) is 2.18. The number of ether oxygens (including phenoxy) is 1. The molecule has 1 amide bonds. The summed E-state index contributed by atoms with van der Waals surface area (Å²) in [6.45, 7) is 0.715. The summed E-state index contributed by atoms with van der Waals surface area (Å²) >= 11 is 0. The number of carbonyl (C=O) groups is 1. The van der Waals surface area contributed by atoms with E-state index in [4.69, 9.17) is 4.74 Å². The quantitative estimate of drug-likeness (QED) is 0.708. The summed E-state index contributed by atoms with van der Waals surface area (Å²) in [5, 5.41) is 2.75. The van der Waals surface area contributed by atoms with Crippen LogP contribution in [-0.4, -0.2) is 29.0 Å². The number of fused-ring (bicyclic) bond motifs is 1. The molecule has 0 aliphatic carbocycles. The van der Waals surface area contributed by atoms with Gasteiger partial charge in [-0.15, -0.1) is 0 Å². The van der Waals surface area contributed by atoms with Gasteiger partial charge in [-0.1, -0.05) is 24.3 Å². The Balaban J connectivity index is 1.47. The van der Waals surface area contributed by atoms with Gasteiger partial charge in [-0.2, -0.15) is 0 Å². The number of carbonyl (C=O) groups excluding carboxylic acids is 1. The van der Waals surface area contributed by atoms with Crippen LogP contribution in [-0.2, 0) is 0 Å². The summed E-state index contributed by atoms with van der Waals surface area (Å²) in [7, 11) is 0. The predicted octanol–water partition coefficient (Wildman–Crippen LogP) is 2.97. The number of nitrogens with zero attached hydrogens (tertiary/aromatic N) is 2. The minimum atomic E-state index is -0.395. The lowest BCUT2D eigenvalue weighted by molar-refractivity contribution is 0.0946. The third-order valence-corrected chi connectivity index (χ3v) is 3.38. The van der Waals surface area contributed by atoms with Crippen LogP contribution in [0.4, 0.5) is 4.39 Å². The van der Waals surface area contributed by atoms with E-state index in [2.05, 4.69) is 15.3 Å². The van der Waals surface area contributed by atoms with E-state index in [1.54, 1.807) is 24.3 Å². The first-order valence-corrected chi connectivity index (χ1v) is 7.61. The highest BCUT2D eigenvalue weighted by molar-refractivity contribution is 5.93. The van der Waals surface area contributed by atoms with Crippen molar-refractivity contribution in [3.8, 4) is 5.75 Å².